The van der Waals surface area contributed by atoms with Crippen molar-refractivity contribution in [2.45, 2.75) is 23.8 Å². The summed E-state index contributed by atoms with van der Waals surface area (Å²) in [6.45, 7) is 1.93. The summed E-state index contributed by atoms with van der Waals surface area (Å²) >= 11 is 1.47. The molecule has 1 fully saturated rings. The van der Waals surface area contributed by atoms with Gasteiger partial charge in [0.1, 0.15) is 0 Å². The molecule has 0 spiro atoms. The third-order valence-corrected chi connectivity index (χ3v) is 4.36. The summed E-state index contributed by atoms with van der Waals surface area (Å²) in [7, 11) is 1.36. The number of piperidine rings is 1. The lowest BCUT2D eigenvalue weighted by atomic mass is 10.1. The number of hydrogen-bond acceptors (Lipinski definition) is 5. The van der Waals surface area contributed by atoms with E-state index in [0.29, 0.717) is 17.4 Å². The summed E-state index contributed by atoms with van der Waals surface area (Å²) in [5.41, 5.74) is 0.515. The Kier molecular flexibility index (Phi) is 6.07. The maximum absolute atomic E-state index is 11.9. The van der Waals surface area contributed by atoms with Crippen molar-refractivity contribution in [3.8, 4) is 0 Å². The van der Waals surface area contributed by atoms with Gasteiger partial charge in [0.2, 0.25) is 5.91 Å². The van der Waals surface area contributed by atoms with E-state index in [9.17, 15) is 9.59 Å². The molecule has 0 aliphatic carbocycles. The average molecular weight is 308 g/mol. The van der Waals surface area contributed by atoms with Crippen molar-refractivity contribution in [3.05, 3.63) is 29.8 Å². The summed E-state index contributed by atoms with van der Waals surface area (Å²) in [6, 6.07) is 7.36. The molecule has 1 aliphatic rings. The summed E-state index contributed by atoms with van der Waals surface area (Å²) < 4.78 is 4.64. The van der Waals surface area contributed by atoms with Gasteiger partial charge >= 0.3 is 5.97 Å². The smallest absolute Gasteiger partial charge is 0.337 e. The molecule has 0 aromatic heterocycles. The van der Waals surface area contributed by atoms with Crippen LogP contribution >= 0.6 is 11.8 Å². The molecule has 0 atom stereocenters. The first-order chi connectivity index (χ1) is 10.2. The number of carbonyl (C=O) groups is 2. The molecule has 5 nitrogen and oxygen atoms in total. The molecule has 1 heterocycles. The first kappa shape index (κ1) is 15.9. The van der Waals surface area contributed by atoms with Crippen molar-refractivity contribution in [1.29, 1.82) is 0 Å². The first-order valence-corrected chi connectivity index (χ1v) is 7.99. The number of thioether (sulfide) groups is 1. The van der Waals surface area contributed by atoms with Crippen LogP contribution in [-0.4, -0.2) is 43.9 Å². The molecule has 6 heteroatoms. The zero-order valence-corrected chi connectivity index (χ0v) is 12.9. The Morgan fingerprint density at radius 2 is 1.95 bits per heavy atom. The molecule has 2 N–H and O–H groups in total. The molecule has 0 saturated carbocycles. The van der Waals surface area contributed by atoms with Crippen molar-refractivity contribution >= 4 is 23.6 Å². The Balaban J connectivity index is 1.76. The maximum atomic E-state index is 11.9. The van der Waals surface area contributed by atoms with E-state index in [1.165, 1.54) is 18.9 Å². The second-order valence-electron chi connectivity index (χ2n) is 4.90. The monoisotopic (exact) mass is 308 g/mol. The van der Waals surface area contributed by atoms with Gasteiger partial charge in [-0.05, 0) is 50.2 Å². The second-order valence-corrected chi connectivity index (χ2v) is 5.95. The van der Waals surface area contributed by atoms with Crippen LogP contribution in [0.2, 0.25) is 0 Å². The highest BCUT2D eigenvalue weighted by Gasteiger charge is 2.15. The van der Waals surface area contributed by atoms with E-state index in [0.717, 1.165) is 30.8 Å². The van der Waals surface area contributed by atoms with Crippen molar-refractivity contribution in [1.82, 2.24) is 10.6 Å². The summed E-state index contributed by atoms with van der Waals surface area (Å²) in [5.74, 6) is 0.0979. The topological polar surface area (TPSA) is 67.4 Å². The molecular weight excluding hydrogens is 288 g/mol. The van der Waals surface area contributed by atoms with Crippen LogP contribution in [-0.2, 0) is 9.53 Å². The molecule has 1 amide bonds. The minimum absolute atomic E-state index is 0.0592. The molecule has 114 valence electrons. The highest BCUT2D eigenvalue weighted by atomic mass is 32.2. The van der Waals surface area contributed by atoms with E-state index < -0.39 is 0 Å². The first-order valence-electron chi connectivity index (χ1n) is 7.00. The van der Waals surface area contributed by atoms with Crippen molar-refractivity contribution in [2.24, 2.45) is 0 Å². The van der Waals surface area contributed by atoms with E-state index in [1.807, 2.05) is 12.1 Å². The normalized spacial score (nSPS) is 15.5. The molecule has 0 unspecified atom stereocenters. The molecule has 1 aromatic carbocycles. The second kappa shape index (κ2) is 8.05. The molecule has 0 bridgehead atoms. The van der Waals surface area contributed by atoms with Crippen molar-refractivity contribution < 1.29 is 14.3 Å². The van der Waals surface area contributed by atoms with Gasteiger partial charge in [-0.3, -0.25) is 4.79 Å². The lowest BCUT2D eigenvalue weighted by Crippen LogP contribution is -2.43. The van der Waals surface area contributed by atoms with Gasteiger partial charge in [-0.2, -0.15) is 0 Å². The number of hydrogen-bond donors (Lipinski definition) is 2. The quantitative estimate of drug-likeness (QED) is 0.636. The molecule has 1 aromatic rings. The summed E-state index contributed by atoms with van der Waals surface area (Å²) in [4.78, 5) is 24.2. The number of carbonyl (C=O) groups excluding carboxylic acids is 2. The molecule has 1 aliphatic heterocycles. The van der Waals surface area contributed by atoms with Gasteiger partial charge < -0.3 is 15.4 Å². The van der Waals surface area contributed by atoms with Gasteiger partial charge in [0.25, 0.3) is 0 Å². The number of ether oxygens (including phenoxy) is 1. The van der Waals surface area contributed by atoms with Gasteiger partial charge in [-0.1, -0.05) is 0 Å². The zero-order chi connectivity index (χ0) is 15.1. The van der Waals surface area contributed by atoms with Crippen LogP contribution in [0.25, 0.3) is 0 Å². The van der Waals surface area contributed by atoms with Crippen molar-refractivity contribution in [3.63, 3.8) is 0 Å². The summed E-state index contributed by atoms with van der Waals surface area (Å²) in [5, 5.41) is 6.32. The van der Waals surface area contributed by atoms with Gasteiger partial charge in [0.15, 0.2) is 0 Å². The summed E-state index contributed by atoms with van der Waals surface area (Å²) in [6.07, 6.45) is 1.98. The molecule has 2 rings (SSSR count). The Bertz CT molecular complexity index is 484. The molecule has 0 radical (unpaired) electrons. The van der Waals surface area contributed by atoms with E-state index in [1.54, 1.807) is 12.1 Å². The Labute approximate surface area is 128 Å². The number of nitrogens with one attached hydrogen (secondary N) is 2. The van der Waals surface area contributed by atoms with Gasteiger partial charge in [0, 0.05) is 10.9 Å². The standard InChI is InChI=1S/C15H20N2O3S/c1-20-15(19)11-2-4-13(5-3-11)21-10-14(18)17-12-6-8-16-9-7-12/h2-5,12,16H,6-10H2,1H3,(H,17,18). The average Bonchev–Trinajstić information content (AvgIpc) is 2.53. The Hall–Kier alpha value is -1.53. The minimum atomic E-state index is -0.352. The van der Waals surface area contributed by atoms with Gasteiger partial charge in [0.05, 0.1) is 18.4 Å². The lowest BCUT2D eigenvalue weighted by molar-refractivity contribution is -0.119. The van der Waals surface area contributed by atoms with Crippen LogP contribution in [0, 0.1) is 0 Å². The fourth-order valence-electron chi connectivity index (χ4n) is 2.19. The molecular formula is C15H20N2O3S. The van der Waals surface area contributed by atoms with Crippen molar-refractivity contribution in [2.75, 3.05) is 26.0 Å². The third kappa shape index (κ3) is 5.06. The number of benzene rings is 1. The maximum Gasteiger partial charge on any atom is 0.337 e. The number of methoxy groups -OCH3 is 1. The number of amides is 1. The fourth-order valence-corrected chi connectivity index (χ4v) is 2.90. The fraction of sp³-hybridized carbons (Fsp3) is 0.467. The third-order valence-electron chi connectivity index (χ3n) is 3.35. The van der Waals surface area contributed by atoms with Crippen LogP contribution in [0.15, 0.2) is 29.2 Å². The van der Waals surface area contributed by atoms with E-state index in [4.69, 9.17) is 0 Å². The van der Waals surface area contributed by atoms with Gasteiger partial charge in [-0.25, -0.2) is 4.79 Å². The minimum Gasteiger partial charge on any atom is -0.465 e. The zero-order valence-electron chi connectivity index (χ0n) is 12.1. The SMILES string of the molecule is COC(=O)c1ccc(SCC(=O)NC2CCNCC2)cc1. The van der Waals surface area contributed by atoms with Crippen LogP contribution in [0.5, 0.6) is 0 Å². The highest BCUT2D eigenvalue weighted by Crippen LogP contribution is 2.18. The molecule has 1 saturated heterocycles. The number of esters is 1. The Morgan fingerprint density at radius 3 is 2.57 bits per heavy atom. The van der Waals surface area contributed by atoms with Crippen LogP contribution in [0.4, 0.5) is 0 Å². The number of rotatable bonds is 5. The highest BCUT2D eigenvalue weighted by molar-refractivity contribution is 8.00. The molecule has 21 heavy (non-hydrogen) atoms. The Morgan fingerprint density at radius 1 is 1.29 bits per heavy atom. The van der Waals surface area contributed by atoms with E-state index >= 15 is 0 Å². The van der Waals surface area contributed by atoms with E-state index in [-0.39, 0.29) is 11.9 Å². The predicted octanol–water partition coefficient (Wildman–Crippen LogP) is 1.43. The van der Waals surface area contributed by atoms with Crippen LogP contribution < -0.4 is 10.6 Å². The lowest BCUT2D eigenvalue weighted by Gasteiger charge is -2.23. The van der Waals surface area contributed by atoms with Crippen LogP contribution in [0.1, 0.15) is 23.2 Å². The van der Waals surface area contributed by atoms with Gasteiger partial charge in [-0.15, -0.1) is 11.8 Å². The van der Waals surface area contributed by atoms with Crippen LogP contribution in [0.3, 0.4) is 0 Å². The van der Waals surface area contributed by atoms with E-state index in [2.05, 4.69) is 15.4 Å². The predicted molar refractivity (Wildman–Crippen MR) is 82.5 cm³/mol. The largest absolute Gasteiger partial charge is 0.465 e.